The van der Waals surface area contributed by atoms with Crippen molar-refractivity contribution in [3.63, 3.8) is 0 Å². The van der Waals surface area contributed by atoms with E-state index in [-0.39, 0.29) is 5.91 Å². The summed E-state index contributed by atoms with van der Waals surface area (Å²) in [5, 5.41) is 6.94. The molecule has 0 unspecified atom stereocenters. The fourth-order valence-corrected chi connectivity index (χ4v) is 3.58. The topological polar surface area (TPSA) is 41.1 Å². The summed E-state index contributed by atoms with van der Waals surface area (Å²) in [4.78, 5) is 12.1. The average molecular weight is 353 g/mol. The number of amides is 1. The van der Waals surface area contributed by atoms with E-state index in [0.717, 1.165) is 18.8 Å². The molecule has 23 heavy (non-hydrogen) atoms. The predicted molar refractivity (Wildman–Crippen MR) is 99.9 cm³/mol. The van der Waals surface area contributed by atoms with Gasteiger partial charge in [0.25, 0.3) is 5.91 Å². The molecular formula is C18H25ClN2OS. The van der Waals surface area contributed by atoms with E-state index in [1.54, 1.807) is 24.3 Å². The van der Waals surface area contributed by atoms with Crippen LogP contribution in [-0.4, -0.2) is 17.1 Å². The number of halogens is 1. The Morgan fingerprint density at radius 1 is 1.22 bits per heavy atom. The molecule has 1 aromatic carbocycles. The first-order valence-corrected chi connectivity index (χ1v) is 8.92. The normalized spacial score (nSPS) is 21.6. The second kappa shape index (κ2) is 7.63. The third-order valence-corrected chi connectivity index (χ3v) is 5.06. The Morgan fingerprint density at radius 2 is 1.87 bits per heavy atom. The zero-order valence-electron chi connectivity index (χ0n) is 14.0. The number of rotatable bonds is 2. The van der Waals surface area contributed by atoms with Gasteiger partial charge >= 0.3 is 0 Å². The lowest BCUT2D eigenvalue weighted by Crippen LogP contribution is -2.46. The van der Waals surface area contributed by atoms with E-state index >= 15 is 0 Å². The quantitative estimate of drug-likeness (QED) is 0.767. The number of thiocarbonyl (C=S) groups is 1. The van der Waals surface area contributed by atoms with Gasteiger partial charge in [-0.25, -0.2) is 0 Å². The van der Waals surface area contributed by atoms with Crippen molar-refractivity contribution in [2.75, 3.05) is 0 Å². The van der Waals surface area contributed by atoms with E-state index in [1.807, 2.05) is 0 Å². The maximum absolute atomic E-state index is 12.1. The summed E-state index contributed by atoms with van der Waals surface area (Å²) in [6, 6.07) is 7.19. The molecular weight excluding hydrogens is 328 g/mol. The van der Waals surface area contributed by atoms with E-state index < -0.39 is 0 Å². The summed E-state index contributed by atoms with van der Waals surface area (Å²) in [7, 11) is 0. The zero-order valence-corrected chi connectivity index (χ0v) is 15.6. The fraction of sp³-hybridized carbons (Fsp3) is 0.556. The van der Waals surface area contributed by atoms with Gasteiger partial charge in [-0.15, -0.1) is 0 Å². The van der Waals surface area contributed by atoms with Gasteiger partial charge in [-0.1, -0.05) is 38.4 Å². The van der Waals surface area contributed by atoms with Crippen LogP contribution in [0.1, 0.15) is 56.8 Å². The molecule has 1 fully saturated rings. The van der Waals surface area contributed by atoms with Crippen molar-refractivity contribution in [1.82, 2.24) is 10.6 Å². The van der Waals surface area contributed by atoms with E-state index in [9.17, 15) is 4.79 Å². The van der Waals surface area contributed by atoms with Crippen LogP contribution in [-0.2, 0) is 0 Å². The molecule has 0 radical (unpaired) electrons. The molecule has 1 amide bonds. The summed E-state index contributed by atoms with van der Waals surface area (Å²) >= 11 is 11.2. The first-order chi connectivity index (χ1) is 10.8. The third-order valence-electron chi connectivity index (χ3n) is 4.60. The minimum absolute atomic E-state index is 0.228. The molecule has 0 saturated heterocycles. The minimum Gasteiger partial charge on any atom is -0.360 e. The molecule has 2 N–H and O–H groups in total. The summed E-state index contributed by atoms with van der Waals surface area (Å²) in [5.41, 5.74) is 0.879. The number of nitrogens with one attached hydrogen (secondary N) is 2. The molecule has 1 saturated carbocycles. The minimum atomic E-state index is -0.228. The largest absolute Gasteiger partial charge is 0.360 e. The SMILES string of the molecule is CC(C)(C)C1CCC(NC(=S)NC(=O)c2cccc(Cl)c2)CC1. The van der Waals surface area contributed by atoms with Gasteiger partial charge in [0.05, 0.1) is 0 Å². The van der Waals surface area contributed by atoms with Gasteiger partial charge in [-0.05, 0) is 67.4 Å². The van der Waals surface area contributed by atoms with Crippen LogP contribution in [0, 0.1) is 11.3 Å². The van der Waals surface area contributed by atoms with Crippen molar-refractivity contribution in [2.24, 2.45) is 11.3 Å². The third kappa shape index (κ3) is 5.47. The molecule has 126 valence electrons. The first-order valence-electron chi connectivity index (χ1n) is 8.13. The standard InChI is InChI=1S/C18H25ClN2OS/c1-18(2,3)13-7-9-15(10-8-13)20-17(23)21-16(22)12-5-4-6-14(19)11-12/h4-6,11,13,15H,7-10H2,1-3H3,(H2,20,21,22,23). The molecule has 0 atom stereocenters. The smallest absolute Gasteiger partial charge is 0.257 e. The molecule has 1 aliphatic rings. The summed E-state index contributed by atoms with van der Waals surface area (Å²) in [6.07, 6.45) is 4.59. The molecule has 0 spiro atoms. The van der Waals surface area contributed by atoms with Crippen LogP contribution in [0.15, 0.2) is 24.3 Å². The van der Waals surface area contributed by atoms with Crippen molar-refractivity contribution < 1.29 is 4.79 Å². The molecule has 0 heterocycles. The van der Waals surface area contributed by atoms with Crippen molar-refractivity contribution in [3.8, 4) is 0 Å². The average Bonchev–Trinajstić information content (AvgIpc) is 2.46. The maximum Gasteiger partial charge on any atom is 0.257 e. The lowest BCUT2D eigenvalue weighted by molar-refractivity contribution is 0.0976. The summed E-state index contributed by atoms with van der Waals surface area (Å²) in [6.45, 7) is 6.92. The number of benzene rings is 1. The second-order valence-electron chi connectivity index (χ2n) is 7.35. The zero-order chi connectivity index (χ0) is 17.0. The number of carbonyl (C=O) groups is 1. The van der Waals surface area contributed by atoms with Crippen LogP contribution < -0.4 is 10.6 Å². The molecule has 3 nitrogen and oxygen atoms in total. The maximum atomic E-state index is 12.1. The van der Waals surface area contributed by atoms with Crippen molar-refractivity contribution >= 4 is 34.8 Å². The first kappa shape index (κ1) is 18.2. The van der Waals surface area contributed by atoms with E-state index in [4.69, 9.17) is 23.8 Å². The molecule has 0 aromatic heterocycles. The van der Waals surface area contributed by atoms with Crippen molar-refractivity contribution in [3.05, 3.63) is 34.9 Å². The lowest BCUT2D eigenvalue weighted by atomic mass is 9.71. The van der Waals surface area contributed by atoms with Crippen LogP contribution in [0.25, 0.3) is 0 Å². The van der Waals surface area contributed by atoms with Gasteiger partial charge in [0.2, 0.25) is 0 Å². The lowest BCUT2D eigenvalue weighted by Gasteiger charge is -2.37. The van der Waals surface area contributed by atoms with Gasteiger partial charge in [0.1, 0.15) is 0 Å². The number of carbonyl (C=O) groups excluding carboxylic acids is 1. The molecule has 0 aliphatic heterocycles. The van der Waals surface area contributed by atoms with Gasteiger partial charge in [0, 0.05) is 16.6 Å². The Hall–Kier alpha value is -1.13. The fourth-order valence-electron chi connectivity index (χ4n) is 3.13. The van der Waals surface area contributed by atoms with Gasteiger partial charge in [0.15, 0.2) is 5.11 Å². The van der Waals surface area contributed by atoms with Crippen LogP contribution in [0.3, 0.4) is 0 Å². The Bertz CT molecular complexity index is 575. The molecule has 5 heteroatoms. The highest BCUT2D eigenvalue weighted by Crippen LogP contribution is 2.37. The highest BCUT2D eigenvalue weighted by Gasteiger charge is 2.29. The highest BCUT2D eigenvalue weighted by atomic mass is 35.5. The Kier molecular flexibility index (Phi) is 6.04. The van der Waals surface area contributed by atoms with Crippen LogP contribution in [0.5, 0.6) is 0 Å². The predicted octanol–water partition coefficient (Wildman–Crippen LogP) is 4.55. The number of hydrogen-bond donors (Lipinski definition) is 2. The van der Waals surface area contributed by atoms with Gasteiger partial charge < -0.3 is 5.32 Å². The Balaban J connectivity index is 1.81. The summed E-state index contributed by atoms with van der Waals surface area (Å²) in [5.74, 6) is 0.531. The number of hydrogen-bond acceptors (Lipinski definition) is 2. The van der Waals surface area contributed by atoms with Gasteiger partial charge in [-0.3, -0.25) is 10.1 Å². The molecule has 0 bridgehead atoms. The van der Waals surface area contributed by atoms with E-state index in [1.165, 1.54) is 12.8 Å². The van der Waals surface area contributed by atoms with Crippen LogP contribution in [0.4, 0.5) is 0 Å². The summed E-state index contributed by atoms with van der Waals surface area (Å²) < 4.78 is 0. The Labute approximate surface area is 149 Å². The van der Waals surface area contributed by atoms with Crippen molar-refractivity contribution in [2.45, 2.75) is 52.5 Å². The van der Waals surface area contributed by atoms with Gasteiger partial charge in [-0.2, -0.15) is 0 Å². The Morgan fingerprint density at radius 3 is 2.43 bits per heavy atom. The van der Waals surface area contributed by atoms with E-state index in [0.29, 0.717) is 27.2 Å². The highest BCUT2D eigenvalue weighted by molar-refractivity contribution is 7.80. The molecule has 1 aliphatic carbocycles. The second-order valence-corrected chi connectivity index (χ2v) is 8.20. The monoisotopic (exact) mass is 352 g/mol. The van der Waals surface area contributed by atoms with Crippen molar-refractivity contribution in [1.29, 1.82) is 0 Å². The van der Waals surface area contributed by atoms with Crippen LogP contribution >= 0.6 is 23.8 Å². The molecule has 1 aromatic rings. The molecule has 2 rings (SSSR count). The van der Waals surface area contributed by atoms with E-state index in [2.05, 4.69) is 31.4 Å². The van der Waals surface area contributed by atoms with Crippen LogP contribution in [0.2, 0.25) is 5.02 Å².